The van der Waals surface area contributed by atoms with Crippen molar-refractivity contribution in [2.45, 2.75) is 57.6 Å². The number of anilines is 1. The zero-order chi connectivity index (χ0) is 30.2. The van der Waals surface area contributed by atoms with E-state index in [2.05, 4.69) is 21.2 Å². The Bertz CT molecular complexity index is 1440. The summed E-state index contributed by atoms with van der Waals surface area (Å²) in [6.07, 6.45) is 0.716. The topological polar surface area (TPSA) is 96.0 Å². The first-order valence-electron chi connectivity index (χ1n) is 13.3. The third kappa shape index (κ3) is 8.47. The largest absolute Gasteiger partial charge is 0.494 e. The van der Waals surface area contributed by atoms with E-state index in [1.807, 2.05) is 20.8 Å². The molecule has 0 aliphatic rings. The summed E-state index contributed by atoms with van der Waals surface area (Å²) in [5, 5.41) is 3.35. The Kier molecular flexibility index (Phi) is 11.6. The van der Waals surface area contributed by atoms with Crippen molar-refractivity contribution in [1.82, 2.24) is 10.2 Å². The standard InChI is InChI=1S/C30H35BrClN3O5S/c1-5-21(3)33-30(37)22(4)34(19-23-9-7-8-10-28(23)32)29(36)20-35(25-13-15-26(16-14-25)40-6-2)41(38,39)27-17-11-24(31)12-18-27/h7-18,21-22H,5-6,19-20H2,1-4H3,(H,33,37). The molecule has 0 fully saturated rings. The summed E-state index contributed by atoms with van der Waals surface area (Å²) in [7, 11) is -4.18. The fourth-order valence-electron chi connectivity index (χ4n) is 4.00. The molecule has 2 amide bonds. The highest BCUT2D eigenvalue weighted by Crippen LogP contribution is 2.28. The van der Waals surface area contributed by atoms with E-state index in [0.717, 1.165) is 4.31 Å². The van der Waals surface area contributed by atoms with Crippen molar-refractivity contribution >= 4 is 55.1 Å². The van der Waals surface area contributed by atoms with Crippen LogP contribution in [-0.4, -0.2) is 50.4 Å². The van der Waals surface area contributed by atoms with E-state index in [4.69, 9.17) is 16.3 Å². The van der Waals surface area contributed by atoms with Gasteiger partial charge in [0.25, 0.3) is 10.0 Å². The Morgan fingerprint density at radius 2 is 1.61 bits per heavy atom. The number of nitrogens with one attached hydrogen (secondary N) is 1. The Balaban J connectivity index is 2.04. The maximum atomic E-state index is 14.0. The van der Waals surface area contributed by atoms with Crippen LogP contribution in [0.15, 0.2) is 82.2 Å². The second kappa shape index (κ2) is 14.7. The minimum absolute atomic E-state index is 0.0163. The quantitative estimate of drug-likeness (QED) is 0.241. The Hall–Kier alpha value is -3.08. The van der Waals surface area contributed by atoms with Gasteiger partial charge in [-0.25, -0.2) is 8.42 Å². The number of rotatable bonds is 13. The molecule has 0 saturated carbocycles. The minimum Gasteiger partial charge on any atom is -0.494 e. The number of amides is 2. The molecule has 11 heteroatoms. The molecule has 2 unspecified atom stereocenters. The Morgan fingerprint density at radius 1 is 0.976 bits per heavy atom. The van der Waals surface area contributed by atoms with E-state index in [-0.39, 0.29) is 29.1 Å². The van der Waals surface area contributed by atoms with Crippen molar-refractivity contribution in [3.63, 3.8) is 0 Å². The van der Waals surface area contributed by atoms with Gasteiger partial charge in [-0.2, -0.15) is 0 Å². The summed E-state index contributed by atoms with van der Waals surface area (Å²) in [6, 6.07) is 18.7. The lowest BCUT2D eigenvalue weighted by molar-refractivity contribution is -0.139. The SMILES string of the molecule is CCOc1ccc(N(CC(=O)N(Cc2ccccc2Cl)C(C)C(=O)NC(C)CC)S(=O)(=O)c2ccc(Br)cc2)cc1. The number of hydrogen-bond acceptors (Lipinski definition) is 5. The second-order valence-electron chi connectivity index (χ2n) is 9.50. The number of sulfonamides is 1. The molecule has 1 N–H and O–H groups in total. The zero-order valence-corrected chi connectivity index (χ0v) is 26.7. The molecule has 0 saturated heterocycles. The van der Waals surface area contributed by atoms with Crippen LogP contribution in [0.1, 0.15) is 39.7 Å². The number of hydrogen-bond donors (Lipinski definition) is 1. The first-order chi connectivity index (χ1) is 19.5. The van der Waals surface area contributed by atoms with Gasteiger partial charge in [-0.1, -0.05) is 52.7 Å². The molecule has 41 heavy (non-hydrogen) atoms. The van der Waals surface area contributed by atoms with E-state index in [1.54, 1.807) is 67.6 Å². The van der Waals surface area contributed by atoms with Gasteiger partial charge in [-0.05, 0) is 87.4 Å². The summed E-state index contributed by atoms with van der Waals surface area (Å²) >= 11 is 9.74. The fourth-order valence-corrected chi connectivity index (χ4v) is 5.87. The lowest BCUT2D eigenvalue weighted by Gasteiger charge is -2.32. The van der Waals surface area contributed by atoms with E-state index in [9.17, 15) is 18.0 Å². The highest BCUT2D eigenvalue weighted by molar-refractivity contribution is 9.10. The molecule has 3 aromatic rings. The Labute approximate surface area is 255 Å². The van der Waals surface area contributed by atoms with Crippen molar-refractivity contribution in [3.05, 3.63) is 87.9 Å². The average Bonchev–Trinajstić information content (AvgIpc) is 2.95. The van der Waals surface area contributed by atoms with Crippen LogP contribution in [0.2, 0.25) is 5.02 Å². The van der Waals surface area contributed by atoms with Gasteiger partial charge in [0.15, 0.2) is 0 Å². The molecule has 0 bridgehead atoms. The van der Waals surface area contributed by atoms with Crippen molar-refractivity contribution in [2.75, 3.05) is 17.5 Å². The molecule has 3 aromatic carbocycles. The first kappa shape index (κ1) is 32.4. The molecule has 0 aliphatic carbocycles. The molecule has 220 valence electrons. The van der Waals surface area contributed by atoms with Crippen LogP contribution < -0.4 is 14.4 Å². The van der Waals surface area contributed by atoms with Gasteiger partial charge in [-0.15, -0.1) is 0 Å². The number of halogens is 2. The van der Waals surface area contributed by atoms with Gasteiger partial charge in [0, 0.05) is 22.1 Å². The molecule has 0 spiro atoms. The van der Waals surface area contributed by atoms with Crippen LogP contribution in [0, 0.1) is 0 Å². The van der Waals surface area contributed by atoms with E-state index >= 15 is 0 Å². The van der Waals surface area contributed by atoms with Crippen molar-refractivity contribution in [3.8, 4) is 5.75 Å². The van der Waals surface area contributed by atoms with E-state index in [1.165, 1.54) is 17.0 Å². The molecular formula is C30H35BrClN3O5S. The molecule has 0 radical (unpaired) electrons. The van der Waals surface area contributed by atoms with Gasteiger partial charge in [0.2, 0.25) is 11.8 Å². The summed E-state index contributed by atoms with van der Waals surface area (Å²) in [5.74, 6) is -0.339. The van der Waals surface area contributed by atoms with Crippen LogP contribution >= 0.6 is 27.5 Å². The molecule has 8 nitrogen and oxygen atoms in total. The molecule has 3 rings (SSSR count). The molecule has 0 aromatic heterocycles. The number of carbonyl (C=O) groups excluding carboxylic acids is 2. The van der Waals surface area contributed by atoms with Crippen molar-refractivity contribution < 1.29 is 22.7 Å². The monoisotopic (exact) mass is 663 g/mol. The average molecular weight is 665 g/mol. The maximum Gasteiger partial charge on any atom is 0.264 e. The third-order valence-corrected chi connectivity index (χ3v) is 9.27. The van der Waals surface area contributed by atoms with Crippen LogP contribution in [-0.2, 0) is 26.2 Å². The van der Waals surface area contributed by atoms with Crippen molar-refractivity contribution in [2.24, 2.45) is 0 Å². The molecule has 0 heterocycles. The van der Waals surface area contributed by atoms with Gasteiger partial charge in [-0.3, -0.25) is 13.9 Å². The summed E-state index contributed by atoms with van der Waals surface area (Å²) in [4.78, 5) is 28.5. The number of benzene rings is 3. The zero-order valence-electron chi connectivity index (χ0n) is 23.5. The number of carbonyl (C=O) groups is 2. The lowest BCUT2D eigenvalue weighted by Crippen LogP contribution is -2.52. The van der Waals surface area contributed by atoms with Gasteiger partial charge in [0.1, 0.15) is 18.3 Å². The summed E-state index contributed by atoms with van der Waals surface area (Å²) < 4.78 is 35.1. The number of ether oxygens (including phenoxy) is 1. The van der Waals surface area contributed by atoms with Gasteiger partial charge >= 0.3 is 0 Å². The van der Waals surface area contributed by atoms with E-state index < -0.39 is 28.5 Å². The predicted octanol–water partition coefficient (Wildman–Crippen LogP) is 6.03. The molecule has 2 atom stereocenters. The summed E-state index contributed by atoms with van der Waals surface area (Å²) in [5.41, 5.74) is 0.910. The highest BCUT2D eigenvalue weighted by atomic mass is 79.9. The van der Waals surface area contributed by atoms with Crippen LogP contribution in [0.5, 0.6) is 5.75 Å². The van der Waals surface area contributed by atoms with Crippen molar-refractivity contribution in [1.29, 1.82) is 0 Å². The number of nitrogens with zero attached hydrogens (tertiary/aromatic N) is 2. The smallest absolute Gasteiger partial charge is 0.264 e. The predicted molar refractivity (Wildman–Crippen MR) is 166 cm³/mol. The minimum atomic E-state index is -4.18. The van der Waals surface area contributed by atoms with Gasteiger partial charge < -0.3 is 15.0 Å². The van der Waals surface area contributed by atoms with Crippen LogP contribution in [0.25, 0.3) is 0 Å². The van der Waals surface area contributed by atoms with E-state index in [0.29, 0.717) is 33.8 Å². The second-order valence-corrected chi connectivity index (χ2v) is 12.7. The molecule has 0 aliphatic heterocycles. The van der Waals surface area contributed by atoms with Gasteiger partial charge in [0.05, 0.1) is 17.2 Å². The summed E-state index contributed by atoms with van der Waals surface area (Å²) in [6.45, 7) is 7.22. The first-order valence-corrected chi connectivity index (χ1v) is 15.9. The normalized spacial score (nSPS) is 12.7. The lowest BCUT2D eigenvalue weighted by atomic mass is 10.1. The third-order valence-electron chi connectivity index (χ3n) is 6.58. The maximum absolute atomic E-state index is 14.0. The van der Waals surface area contributed by atoms with Crippen LogP contribution in [0.3, 0.4) is 0 Å². The Morgan fingerprint density at radius 3 is 2.20 bits per heavy atom. The fraction of sp³-hybridized carbons (Fsp3) is 0.333. The van der Waals surface area contributed by atoms with Crippen LogP contribution in [0.4, 0.5) is 5.69 Å². The highest BCUT2D eigenvalue weighted by Gasteiger charge is 2.33. The molecular weight excluding hydrogens is 630 g/mol.